The van der Waals surface area contributed by atoms with Crippen LogP contribution in [0.1, 0.15) is 13.8 Å². The van der Waals surface area contributed by atoms with Crippen molar-refractivity contribution in [3.8, 4) is 0 Å². The van der Waals surface area contributed by atoms with Gasteiger partial charge < -0.3 is 10.6 Å². The van der Waals surface area contributed by atoms with Gasteiger partial charge in [-0.05, 0) is 38.1 Å². The van der Waals surface area contributed by atoms with E-state index in [4.69, 9.17) is 11.6 Å². The highest BCUT2D eigenvalue weighted by Crippen LogP contribution is 2.28. The summed E-state index contributed by atoms with van der Waals surface area (Å²) in [5.41, 5.74) is 1.44. The number of rotatable bonds is 6. The van der Waals surface area contributed by atoms with Crippen LogP contribution in [-0.4, -0.2) is 27.7 Å². The van der Waals surface area contributed by atoms with Crippen molar-refractivity contribution in [1.82, 2.24) is 9.97 Å². The Morgan fingerprint density at radius 1 is 1.15 bits per heavy atom. The van der Waals surface area contributed by atoms with E-state index in [1.807, 2.05) is 50.2 Å². The normalized spacial score (nSPS) is 12.0. The Morgan fingerprint density at radius 3 is 2.65 bits per heavy atom. The Bertz CT molecular complexity index is 934. The van der Waals surface area contributed by atoms with Crippen LogP contribution >= 0.6 is 23.4 Å². The molecular formula is C19H19ClN4OS. The SMILES string of the molecule is CCNc1nc(SC(C)C(=O)Nc2ccccc2Cl)nc2ccccc12. The smallest absolute Gasteiger partial charge is 0.237 e. The van der Waals surface area contributed by atoms with E-state index >= 15 is 0 Å². The number of hydrogen-bond acceptors (Lipinski definition) is 5. The molecule has 1 amide bonds. The molecule has 3 aromatic rings. The molecule has 0 saturated heterocycles. The van der Waals surface area contributed by atoms with E-state index in [1.54, 1.807) is 12.1 Å². The van der Waals surface area contributed by atoms with Gasteiger partial charge in [-0.3, -0.25) is 4.79 Å². The fraction of sp³-hybridized carbons (Fsp3) is 0.211. The number of nitrogens with one attached hydrogen (secondary N) is 2. The molecule has 3 rings (SSSR count). The molecule has 0 aliphatic rings. The molecule has 1 aromatic heterocycles. The van der Waals surface area contributed by atoms with Crippen molar-refractivity contribution < 1.29 is 4.79 Å². The Labute approximate surface area is 161 Å². The molecule has 0 radical (unpaired) electrons. The lowest BCUT2D eigenvalue weighted by atomic mass is 10.2. The first-order valence-electron chi connectivity index (χ1n) is 8.31. The number of fused-ring (bicyclic) bond motifs is 1. The predicted molar refractivity (Wildman–Crippen MR) is 109 cm³/mol. The second-order valence-corrected chi connectivity index (χ2v) is 7.35. The lowest BCUT2D eigenvalue weighted by Gasteiger charge is -2.13. The van der Waals surface area contributed by atoms with E-state index < -0.39 is 0 Å². The summed E-state index contributed by atoms with van der Waals surface area (Å²) in [4.78, 5) is 21.6. The zero-order valence-corrected chi connectivity index (χ0v) is 16.1. The van der Waals surface area contributed by atoms with E-state index in [0.29, 0.717) is 15.9 Å². The summed E-state index contributed by atoms with van der Waals surface area (Å²) < 4.78 is 0. The second-order valence-electron chi connectivity index (χ2n) is 5.63. The van der Waals surface area contributed by atoms with Crippen LogP contribution in [0.4, 0.5) is 11.5 Å². The third-order valence-electron chi connectivity index (χ3n) is 3.71. The van der Waals surface area contributed by atoms with Gasteiger partial charge in [-0.25, -0.2) is 9.97 Å². The van der Waals surface area contributed by atoms with Crippen LogP contribution in [0.2, 0.25) is 5.02 Å². The van der Waals surface area contributed by atoms with E-state index in [2.05, 4.69) is 20.6 Å². The highest BCUT2D eigenvalue weighted by atomic mass is 35.5. The summed E-state index contributed by atoms with van der Waals surface area (Å²) in [6, 6.07) is 15.0. The van der Waals surface area contributed by atoms with Crippen LogP contribution in [0.5, 0.6) is 0 Å². The third-order valence-corrected chi connectivity index (χ3v) is 5.00. The number of halogens is 1. The molecule has 1 atom stereocenters. The number of carbonyl (C=O) groups excluding carboxylic acids is 1. The molecule has 0 spiro atoms. The Kier molecular flexibility index (Phi) is 5.96. The molecule has 0 aliphatic carbocycles. The topological polar surface area (TPSA) is 66.9 Å². The van der Waals surface area contributed by atoms with E-state index in [0.717, 1.165) is 23.3 Å². The Balaban J connectivity index is 1.79. The van der Waals surface area contributed by atoms with Crippen molar-refractivity contribution in [3.05, 3.63) is 53.6 Å². The lowest BCUT2D eigenvalue weighted by Crippen LogP contribution is -2.23. The maximum Gasteiger partial charge on any atom is 0.237 e. The number of thioether (sulfide) groups is 1. The van der Waals surface area contributed by atoms with Crippen molar-refractivity contribution in [2.24, 2.45) is 0 Å². The summed E-state index contributed by atoms with van der Waals surface area (Å²) in [5.74, 6) is 0.629. The minimum absolute atomic E-state index is 0.148. The molecule has 0 aliphatic heterocycles. The quantitative estimate of drug-likeness (QED) is 0.469. The molecular weight excluding hydrogens is 368 g/mol. The predicted octanol–water partition coefficient (Wildman–Crippen LogP) is 4.83. The van der Waals surface area contributed by atoms with Gasteiger partial charge in [-0.2, -0.15) is 0 Å². The second kappa shape index (κ2) is 8.38. The Hall–Kier alpha value is -2.31. The van der Waals surface area contributed by atoms with Crippen molar-refractivity contribution in [3.63, 3.8) is 0 Å². The van der Waals surface area contributed by atoms with Crippen LogP contribution in [0.3, 0.4) is 0 Å². The number of carbonyl (C=O) groups is 1. The fourth-order valence-electron chi connectivity index (χ4n) is 2.42. The van der Waals surface area contributed by atoms with Gasteiger partial charge in [0.1, 0.15) is 5.82 Å². The van der Waals surface area contributed by atoms with Gasteiger partial charge in [-0.15, -0.1) is 0 Å². The minimum atomic E-state index is -0.373. The van der Waals surface area contributed by atoms with Crippen molar-refractivity contribution in [1.29, 1.82) is 0 Å². The van der Waals surface area contributed by atoms with Crippen LogP contribution in [-0.2, 0) is 4.79 Å². The van der Waals surface area contributed by atoms with Gasteiger partial charge in [0, 0.05) is 11.9 Å². The number of anilines is 2. The average Bonchev–Trinajstić information content (AvgIpc) is 2.64. The van der Waals surface area contributed by atoms with E-state index in [1.165, 1.54) is 11.8 Å². The molecule has 26 heavy (non-hydrogen) atoms. The first-order chi connectivity index (χ1) is 12.6. The van der Waals surface area contributed by atoms with Crippen LogP contribution in [0.15, 0.2) is 53.7 Å². The largest absolute Gasteiger partial charge is 0.370 e. The summed E-state index contributed by atoms with van der Waals surface area (Å²) in [7, 11) is 0. The van der Waals surface area contributed by atoms with Gasteiger partial charge in [0.2, 0.25) is 5.91 Å². The molecule has 7 heteroatoms. The molecule has 2 N–H and O–H groups in total. The number of amides is 1. The van der Waals surface area contributed by atoms with Crippen molar-refractivity contribution in [2.75, 3.05) is 17.2 Å². The van der Waals surface area contributed by atoms with E-state index in [9.17, 15) is 4.79 Å². The maximum absolute atomic E-state index is 12.5. The summed E-state index contributed by atoms with van der Waals surface area (Å²) in [6.07, 6.45) is 0. The molecule has 134 valence electrons. The number of aromatic nitrogens is 2. The van der Waals surface area contributed by atoms with Crippen molar-refractivity contribution >= 4 is 51.7 Å². The molecule has 2 aromatic carbocycles. The Morgan fingerprint density at radius 2 is 1.88 bits per heavy atom. The molecule has 0 fully saturated rings. The number of hydrogen-bond donors (Lipinski definition) is 2. The minimum Gasteiger partial charge on any atom is -0.370 e. The summed E-state index contributed by atoms with van der Waals surface area (Å²) >= 11 is 7.41. The molecule has 0 bridgehead atoms. The summed E-state index contributed by atoms with van der Waals surface area (Å²) in [5, 5.41) is 7.76. The highest BCUT2D eigenvalue weighted by Gasteiger charge is 2.18. The summed E-state index contributed by atoms with van der Waals surface area (Å²) in [6.45, 7) is 4.60. The molecule has 1 unspecified atom stereocenters. The monoisotopic (exact) mass is 386 g/mol. The first kappa shape index (κ1) is 18.5. The number of para-hydroxylation sites is 2. The lowest BCUT2D eigenvalue weighted by molar-refractivity contribution is -0.115. The van der Waals surface area contributed by atoms with Gasteiger partial charge in [-0.1, -0.05) is 47.6 Å². The van der Waals surface area contributed by atoms with Gasteiger partial charge in [0.15, 0.2) is 5.16 Å². The zero-order chi connectivity index (χ0) is 18.5. The van der Waals surface area contributed by atoms with E-state index in [-0.39, 0.29) is 11.2 Å². The standard InChI is InChI=1S/C19H19ClN4OS/c1-3-21-17-13-8-4-6-10-15(13)23-19(24-17)26-12(2)18(25)22-16-11-7-5-9-14(16)20/h4-12H,3H2,1-2H3,(H,22,25)(H,21,23,24). The van der Waals surface area contributed by atoms with Crippen molar-refractivity contribution in [2.45, 2.75) is 24.3 Å². The average molecular weight is 387 g/mol. The van der Waals surface area contributed by atoms with Crippen LogP contribution in [0.25, 0.3) is 10.9 Å². The fourth-order valence-corrected chi connectivity index (χ4v) is 3.38. The first-order valence-corrected chi connectivity index (χ1v) is 9.57. The highest BCUT2D eigenvalue weighted by molar-refractivity contribution is 8.00. The van der Waals surface area contributed by atoms with Gasteiger partial charge in [0.25, 0.3) is 0 Å². The third kappa shape index (κ3) is 4.26. The van der Waals surface area contributed by atoms with Crippen LogP contribution < -0.4 is 10.6 Å². The number of nitrogens with zero attached hydrogens (tertiary/aromatic N) is 2. The maximum atomic E-state index is 12.5. The van der Waals surface area contributed by atoms with Gasteiger partial charge >= 0.3 is 0 Å². The zero-order valence-electron chi connectivity index (χ0n) is 14.5. The van der Waals surface area contributed by atoms with Crippen LogP contribution in [0, 0.1) is 0 Å². The molecule has 5 nitrogen and oxygen atoms in total. The molecule has 1 heterocycles. The number of benzene rings is 2. The molecule has 0 saturated carbocycles. The van der Waals surface area contributed by atoms with Gasteiger partial charge in [0.05, 0.1) is 21.5 Å².